The van der Waals surface area contributed by atoms with Gasteiger partial charge in [0.1, 0.15) is 0 Å². The molecule has 88 heavy (non-hydrogen) atoms. The summed E-state index contributed by atoms with van der Waals surface area (Å²) in [5, 5.41) is 4.62. The summed E-state index contributed by atoms with van der Waals surface area (Å²) >= 11 is 0. The van der Waals surface area contributed by atoms with E-state index < -0.39 is 0 Å². The summed E-state index contributed by atoms with van der Waals surface area (Å²) in [7, 11) is 0. The van der Waals surface area contributed by atoms with Crippen molar-refractivity contribution in [2.75, 3.05) is 0 Å². The van der Waals surface area contributed by atoms with Gasteiger partial charge in [-0.3, -0.25) is 4.98 Å². The smallest absolute Gasteiger partial charge is 0.164 e. The number of aryl methyl sites for hydroxylation is 8. The van der Waals surface area contributed by atoms with Crippen LogP contribution in [0, 0.1) is 55.4 Å². The number of pyridine rings is 1. The molecule has 0 saturated carbocycles. The van der Waals surface area contributed by atoms with Crippen molar-refractivity contribution in [1.82, 2.24) is 29.1 Å². The molecule has 6 heteroatoms. The van der Waals surface area contributed by atoms with E-state index >= 15 is 0 Å². The quantitative estimate of drug-likeness (QED) is 0.137. The number of rotatable bonds is 10. The molecule has 0 spiro atoms. The molecule has 0 amide bonds. The molecule has 6 nitrogen and oxygen atoms in total. The van der Waals surface area contributed by atoms with Gasteiger partial charge in [0.25, 0.3) is 0 Å². The van der Waals surface area contributed by atoms with Crippen molar-refractivity contribution in [3.05, 3.63) is 287 Å². The Morgan fingerprint density at radius 2 is 0.625 bits per heavy atom. The highest BCUT2D eigenvalue weighted by molar-refractivity contribution is 6.14. The third-order valence-electron chi connectivity index (χ3n) is 17.8. The van der Waals surface area contributed by atoms with Gasteiger partial charge in [0.15, 0.2) is 17.5 Å². The molecule has 0 aliphatic heterocycles. The van der Waals surface area contributed by atoms with Crippen LogP contribution in [0.4, 0.5) is 0 Å². The number of hydrogen-bond acceptors (Lipinski definition) is 4. The fraction of sp³-hybridized carbons (Fsp3) is 0.0976. The maximum absolute atomic E-state index is 5.49. The maximum Gasteiger partial charge on any atom is 0.164 e. The second kappa shape index (κ2) is 21.6. The van der Waals surface area contributed by atoms with E-state index in [4.69, 9.17) is 19.9 Å². The lowest BCUT2D eigenvalue weighted by Gasteiger charge is -2.21. The molecule has 4 heterocycles. The number of benzene rings is 11. The van der Waals surface area contributed by atoms with E-state index in [0.717, 1.165) is 82.8 Å². The third-order valence-corrected chi connectivity index (χ3v) is 17.8. The summed E-state index contributed by atoms with van der Waals surface area (Å²) in [6.45, 7) is 17.5. The van der Waals surface area contributed by atoms with E-state index in [1.807, 2.05) is 48.8 Å². The summed E-state index contributed by atoms with van der Waals surface area (Å²) in [6.07, 6.45) is 3.97. The van der Waals surface area contributed by atoms with E-state index in [2.05, 4.69) is 259 Å². The van der Waals surface area contributed by atoms with Crippen LogP contribution in [0.2, 0.25) is 0 Å². The summed E-state index contributed by atoms with van der Waals surface area (Å²) in [5.74, 6) is 1.74. The van der Waals surface area contributed by atoms with Crippen LogP contribution in [0.3, 0.4) is 0 Å². The molecule has 4 aromatic heterocycles. The van der Waals surface area contributed by atoms with Gasteiger partial charge < -0.3 is 9.13 Å². The molecule has 15 rings (SSSR count). The number of hydrogen-bond donors (Lipinski definition) is 0. The summed E-state index contributed by atoms with van der Waals surface area (Å²) < 4.78 is 4.91. The van der Waals surface area contributed by atoms with Gasteiger partial charge in [-0.1, -0.05) is 192 Å². The van der Waals surface area contributed by atoms with Crippen LogP contribution in [-0.2, 0) is 0 Å². The fourth-order valence-electron chi connectivity index (χ4n) is 13.7. The van der Waals surface area contributed by atoms with Crippen molar-refractivity contribution < 1.29 is 0 Å². The Labute approximate surface area is 513 Å². The van der Waals surface area contributed by atoms with E-state index in [1.54, 1.807) is 0 Å². The molecule has 15 aromatic rings. The van der Waals surface area contributed by atoms with Gasteiger partial charge in [-0.05, 0) is 183 Å². The summed E-state index contributed by atoms with van der Waals surface area (Å²) in [5.41, 5.74) is 30.3. The molecule has 0 atom stereocenters. The number of nitrogens with zero attached hydrogens (tertiary/aromatic N) is 6. The molecule has 11 aromatic carbocycles. The predicted molar refractivity (Wildman–Crippen MR) is 368 cm³/mol. The van der Waals surface area contributed by atoms with Crippen molar-refractivity contribution in [2.45, 2.75) is 55.4 Å². The normalized spacial score (nSPS) is 11.6. The first-order valence-corrected chi connectivity index (χ1v) is 30.3. The summed E-state index contributed by atoms with van der Waals surface area (Å²) in [6, 6.07) is 84.4. The topological polar surface area (TPSA) is 61.4 Å². The molecular weight excluding hydrogens is 1070 g/mol. The highest BCUT2D eigenvalue weighted by Gasteiger charge is 2.27. The Bertz CT molecular complexity index is 5020. The van der Waals surface area contributed by atoms with Gasteiger partial charge in [0.2, 0.25) is 0 Å². The molecule has 0 N–H and O–H groups in total. The monoisotopic (exact) mass is 1130 g/mol. The number of fused-ring (bicyclic) bond motifs is 6. The minimum absolute atomic E-state index is 0.556. The third kappa shape index (κ3) is 9.36. The lowest BCUT2D eigenvalue weighted by Crippen LogP contribution is -2.06. The highest BCUT2D eigenvalue weighted by Crippen LogP contribution is 2.47. The molecule has 0 unspecified atom stereocenters. The molecule has 0 bridgehead atoms. The van der Waals surface area contributed by atoms with Crippen LogP contribution >= 0.6 is 0 Å². The van der Waals surface area contributed by atoms with Gasteiger partial charge in [-0.25, -0.2) is 15.0 Å². The Morgan fingerprint density at radius 1 is 0.261 bits per heavy atom. The Kier molecular flexibility index (Phi) is 13.2. The first-order chi connectivity index (χ1) is 42.9. The zero-order valence-electron chi connectivity index (χ0n) is 50.8. The van der Waals surface area contributed by atoms with Crippen LogP contribution in [0.1, 0.15) is 44.5 Å². The largest absolute Gasteiger partial charge is 0.309 e. The lowest BCUT2D eigenvalue weighted by molar-refractivity contribution is 1.07. The average molecular weight is 1130 g/mol. The Morgan fingerprint density at radius 3 is 1.00 bits per heavy atom. The second-order valence-corrected chi connectivity index (χ2v) is 24.0. The van der Waals surface area contributed by atoms with Crippen LogP contribution in [0.25, 0.3) is 145 Å². The van der Waals surface area contributed by atoms with E-state index in [9.17, 15) is 0 Å². The SMILES string of the molecule is Cc1ccc(-c2ccc3c(c2)c2cc(-c4ccc(C)cc4C)ccc2n3-c2cnccc2-c2c(-c3nc(-c4ccccc4)nc(-c4ccccc4)n3)cccc2-n2c3ccc(-c4ccc(C)cc4C)cc3c3cc(-c4ccc(C)cc4C)ccc32)c(C)c1. The Balaban J connectivity index is 1.05. The van der Waals surface area contributed by atoms with Crippen LogP contribution in [-0.4, -0.2) is 29.1 Å². The fourth-order valence-corrected chi connectivity index (χ4v) is 13.7. The van der Waals surface area contributed by atoms with Crippen molar-refractivity contribution >= 4 is 43.6 Å². The predicted octanol–water partition coefficient (Wildman–Crippen LogP) is 21.3. The van der Waals surface area contributed by atoms with Crippen LogP contribution < -0.4 is 0 Å². The second-order valence-electron chi connectivity index (χ2n) is 24.0. The average Bonchev–Trinajstić information content (AvgIpc) is 1.61. The molecule has 0 fully saturated rings. The van der Waals surface area contributed by atoms with E-state index in [1.165, 1.54) is 89.0 Å². The highest BCUT2D eigenvalue weighted by atomic mass is 15.0. The van der Waals surface area contributed by atoms with Crippen molar-refractivity contribution in [1.29, 1.82) is 0 Å². The molecule has 0 aliphatic carbocycles. The minimum Gasteiger partial charge on any atom is -0.309 e. The van der Waals surface area contributed by atoms with Crippen molar-refractivity contribution in [3.8, 4) is 101 Å². The molecule has 422 valence electrons. The zero-order valence-corrected chi connectivity index (χ0v) is 50.8. The molecule has 0 aliphatic rings. The standard InChI is InChI=1S/C82H64N6/c1-49-22-30-63(53(5)40-49)59-26-34-73-69(44-59)70-45-60(64-31-23-50(2)41-54(64)6)27-35-74(70)87(73)77-21-15-20-68(82-85-80(57-16-11-9-12-17-57)84-81(86-82)58-18-13-10-14-19-58)79(77)67-38-39-83-48-78(67)88-75-36-28-61(65-32-24-51(3)42-55(65)7)46-71(75)72-47-62(29-37-76(72)88)66-33-25-52(4)43-56(66)8/h9-48H,1-8H3. The molecule has 0 radical (unpaired) electrons. The Hall–Kier alpha value is -10.8. The van der Waals surface area contributed by atoms with E-state index in [0.29, 0.717) is 17.5 Å². The van der Waals surface area contributed by atoms with Crippen molar-refractivity contribution in [3.63, 3.8) is 0 Å². The lowest BCUT2D eigenvalue weighted by atomic mass is 9.95. The maximum atomic E-state index is 5.49. The molecular formula is C82H64N6. The first-order valence-electron chi connectivity index (χ1n) is 30.3. The summed E-state index contributed by atoms with van der Waals surface area (Å²) in [4.78, 5) is 21.2. The van der Waals surface area contributed by atoms with Gasteiger partial charge in [-0.15, -0.1) is 0 Å². The van der Waals surface area contributed by atoms with Gasteiger partial charge in [0.05, 0.1) is 39.6 Å². The van der Waals surface area contributed by atoms with Crippen LogP contribution in [0.5, 0.6) is 0 Å². The van der Waals surface area contributed by atoms with Gasteiger partial charge in [-0.2, -0.15) is 0 Å². The number of aromatic nitrogens is 6. The van der Waals surface area contributed by atoms with Crippen LogP contribution in [0.15, 0.2) is 243 Å². The minimum atomic E-state index is 0.556. The van der Waals surface area contributed by atoms with E-state index in [-0.39, 0.29) is 0 Å². The van der Waals surface area contributed by atoms with Gasteiger partial charge in [0, 0.05) is 55.6 Å². The molecule has 0 saturated heterocycles. The first kappa shape index (κ1) is 53.9. The zero-order chi connectivity index (χ0) is 59.9. The van der Waals surface area contributed by atoms with Crippen molar-refractivity contribution in [2.24, 2.45) is 0 Å². The van der Waals surface area contributed by atoms with Gasteiger partial charge >= 0.3 is 0 Å².